The molecule has 0 amide bonds. The monoisotopic (exact) mass is 262 g/mol. The zero-order valence-electron chi connectivity index (χ0n) is 10.2. The molecule has 0 radical (unpaired) electrons. The molecule has 0 spiro atoms. The van der Waals surface area contributed by atoms with Crippen LogP contribution in [0.2, 0.25) is 5.02 Å². The molecular formula is C14H15ClN2O. The van der Waals surface area contributed by atoms with Crippen LogP contribution < -0.4 is 10.1 Å². The van der Waals surface area contributed by atoms with Crippen molar-refractivity contribution < 1.29 is 4.74 Å². The van der Waals surface area contributed by atoms with Gasteiger partial charge in [-0.3, -0.25) is 0 Å². The third-order valence-electron chi connectivity index (χ3n) is 2.48. The van der Waals surface area contributed by atoms with Crippen LogP contribution in [0, 0.1) is 0 Å². The van der Waals surface area contributed by atoms with Crippen molar-refractivity contribution in [2.45, 2.75) is 13.2 Å². The highest BCUT2D eigenvalue weighted by atomic mass is 35.5. The molecule has 0 bridgehead atoms. The SMILES string of the molecule is CNCc1ccnc(OCc2ccc(Cl)cc2)c1. The normalized spacial score (nSPS) is 10.3. The molecule has 4 heteroatoms. The van der Waals surface area contributed by atoms with E-state index < -0.39 is 0 Å². The fourth-order valence-electron chi connectivity index (χ4n) is 1.58. The van der Waals surface area contributed by atoms with Crippen molar-refractivity contribution in [3.63, 3.8) is 0 Å². The smallest absolute Gasteiger partial charge is 0.213 e. The molecule has 2 aromatic rings. The zero-order chi connectivity index (χ0) is 12.8. The average Bonchev–Trinajstić information content (AvgIpc) is 2.39. The van der Waals surface area contributed by atoms with E-state index in [1.807, 2.05) is 43.4 Å². The minimum Gasteiger partial charge on any atom is -0.473 e. The third-order valence-corrected chi connectivity index (χ3v) is 2.73. The first-order valence-corrected chi connectivity index (χ1v) is 6.12. The molecule has 0 aliphatic rings. The van der Waals surface area contributed by atoms with Gasteiger partial charge in [-0.1, -0.05) is 23.7 Å². The lowest BCUT2D eigenvalue weighted by Crippen LogP contribution is -2.05. The van der Waals surface area contributed by atoms with Gasteiger partial charge in [0.1, 0.15) is 6.61 Å². The van der Waals surface area contributed by atoms with Crippen molar-refractivity contribution in [1.82, 2.24) is 10.3 Å². The van der Waals surface area contributed by atoms with Gasteiger partial charge in [0.15, 0.2) is 0 Å². The highest BCUT2D eigenvalue weighted by Gasteiger charge is 1.99. The molecule has 18 heavy (non-hydrogen) atoms. The number of ether oxygens (including phenoxy) is 1. The van der Waals surface area contributed by atoms with E-state index in [0.29, 0.717) is 12.5 Å². The maximum Gasteiger partial charge on any atom is 0.213 e. The van der Waals surface area contributed by atoms with Gasteiger partial charge in [0.2, 0.25) is 5.88 Å². The first-order valence-electron chi connectivity index (χ1n) is 5.74. The molecule has 94 valence electrons. The Bertz CT molecular complexity index is 499. The largest absolute Gasteiger partial charge is 0.473 e. The van der Waals surface area contributed by atoms with E-state index in [0.717, 1.165) is 22.7 Å². The second-order valence-corrected chi connectivity index (χ2v) is 4.38. The van der Waals surface area contributed by atoms with Crippen LogP contribution in [0.25, 0.3) is 0 Å². The molecule has 0 saturated carbocycles. The summed E-state index contributed by atoms with van der Waals surface area (Å²) in [5.74, 6) is 0.637. The highest BCUT2D eigenvalue weighted by Crippen LogP contribution is 2.13. The lowest BCUT2D eigenvalue weighted by atomic mass is 10.2. The van der Waals surface area contributed by atoms with E-state index >= 15 is 0 Å². The molecule has 0 unspecified atom stereocenters. The van der Waals surface area contributed by atoms with Gasteiger partial charge in [-0.05, 0) is 36.4 Å². The minimum absolute atomic E-state index is 0.493. The van der Waals surface area contributed by atoms with Gasteiger partial charge in [0, 0.05) is 23.8 Å². The Kier molecular flexibility index (Phi) is 4.56. The summed E-state index contributed by atoms with van der Waals surface area (Å²) in [4.78, 5) is 4.18. The quantitative estimate of drug-likeness (QED) is 0.899. The van der Waals surface area contributed by atoms with E-state index in [4.69, 9.17) is 16.3 Å². The molecule has 0 aliphatic carbocycles. The van der Waals surface area contributed by atoms with Gasteiger partial charge in [0.05, 0.1) is 0 Å². The van der Waals surface area contributed by atoms with Crippen LogP contribution in [0.1, 0.15) is 11.1 Å². The topological polar surface area (TPSA) is 34.2 Å². The first-order chi connectivity index (χ1) is 8.78. The summed E-state index contributed by atoms with van der Waals surface area (Å²) in [7, 11) is 1.91. The van der Waals surface area contributed by atoms with Crippen LogP contribution in [0.15, 0.2) is 42.6 Å². The van der Waals surface area contributed by atoms with Crippen molar-refractivity contribution >= 4 is 11.6 Å². The summed E-state index contributed by atoms with van der Waals surface area (Å²) in [6.07, 6.45) is 1.75. The van der Waals surface area contributed by atoms with Crippen molar-refractivity contribution in [1.29, 1.82) is 0 Å². The van der Waals surface area contributed by atoms with Gasteiger partial charge in [-0.2, -0.15) is 0 Å². The summed E-state index contributed by atoms with van der Waals surface area (Å²) in [6, 6.07) is 11.5. The van der Waals surface area contributed by atoms with Crippen molar-refractivity contribution in [2.24, 2.45) is 0 Å². The minimum atomic E-state index is 0.493. The summed E-state index contributed by atoms with van der Waals surface area (Å²) >= 11 is 5.82. The average molecular weight is 263 g/mol. The van der Waals surface area contributed by atoms with E-state index in [-0.39, 0.29) is 0 Å². The summed E-state index contributed by atoms with van der Waals surface area (Å²) in [5, 5.41) is 3.82. The van der Waals surface area contributed by atoms with Crippen LogP contribution in [0.5, 0.6) is 5.88 Å². The fourth-order valence-corrected chi connectivity index (χ4v) is 1.71. The number of hydrogen-bond acceptors (Lipinski definition) is 3. The first kappa shape index (κ1) is 12.9. The highest BCUT2D eigenvalue weighted by molar-refractivity contribution is 6.30. The van der Waals surface area contributed by atoms with Crippen LogP contribution in [-0.4, -0.2) is 12.0 Å². The summed E-state index contributed by atoms with van der Waals surface area (Å²) in [6.45, 7) is 1.30. The van der Waals surface area contributed by atoms with Crippen LogP contribution >= 0.6 is 11.6 Å². The van der Waals surface area contributed by atoms with E-state index in [1.165, 1.54) is 0 Å². The predicted molar refractivity (Wildman–Crippen MR) is 72.8 cm³/mol. The van der Waals surface area contributed by atoms with Crippen LogP contribution in [0.3, 0.4) is 0 Å². The maximum atomic E-state index is 5.82. The second-order valence-electron chi connectivity index (χ2n) is 3.95. The maximum absolute atomic E-state index is 5.82. The second kappa shape index (κ2) is 6.38. The van der Waals surface area contributed by atoms with E-state index in [2.05, 4.69) is 10.3 Å². The number of rotatable bonds is 5. The van der Waals surface area contributed by atoms with Crippen LogP contribution in [0.4, 0.5) is 0 Å². The number of nitrogens with zero attached hydrogens (tertiary/aromatic N) is 1. The third kappa shape index (κ3) is 3.72. The lowest BCUT2D eigenvalue weighted by Gasteiger charge is -2.07. The van der Waals surface area contributed by atoms with Gasteiger partial charge >= 0.3 is 0 Å². The molecule has 0 fully saturated rings. The van der Waals surface area contributed by atoms with E-state index in [1.54, 1.807) is 6.20 Å². The molecule has 1 aromatic heterocycles. The Balaban J connectivity index is 1.97. The van der Waals surface area contributed by atoms with Gasteiger partial charge < -0.3 is 10.1 Å². The molecule has 0 saturated heterocycles. The Labute approximate surface area is 112 Å². The Morgan fingerprint density at radius 3 is 2.67 bits per heavy atom. The molecular weight excluding hydrogens is 248 g/mol. The van der Waals surface area contributed by atoms with Gasteiger partial charge in [0.25, 0.3) is 0 Å². The van der Waals surface area contributed by atoms with E-state index in [9.17, 15) is 0 Å². The summed E-state index contributed by atoms with van der Waals surface area (Å²) in [5.41, 5.74) is 2.22. The number of aromatic nitrogens is 1. The predicted octanol–water partition coefficient (Wildman–Crippen LogP) is 3.03. The van der Waals surface area contributed by atoms with Gasteiger partial charge in [-0.15, -0.1) is 0 Å². The number of pyridine rings is 1. The standard InChI is InChI=1S/C14H15ClN2O/c1-16-9-12-6-7-17-14(8-12)18-10-11-2-4-13(15)5-3-11/h2-8,16H,9-10H2,1H3. The molecule has 1 N–H and O–H groups in total. The van der Waals surface area contributed by atoms with Crippen molar-refractivity contribution in [3.8, 4) is 5.88 Å². The Morgan fingerprint density at radius 1 is 1.17 bits per heavy atom. The van der Waals surface area contributed by atoms with Crippen molar-refractivity contribution in [3.05, 3.63) is 58.7 Å². The number of hydrogen-bond donors (Lipinski definition) is 1. The number of benzene rings is 1. The summed E-state index contributed by atoms with van der Waals surface area (Å²) < 4.78 is 5.64. The number of nitrogens with one attached hydrogen (secondary N) is 1. The lowest BCUT2D eigenvalue weighted by molar-refractivity contribution is 0.293. The molecule has 0 atom stereocenters. The molecule has 2 rings (SSSR count). The zero-order valence-corrected chi connectivity index (χ0v) is 10.9. The molecule has 1 heterocycles. The number of halogens is 1. The van der Waals surface area contributed by atoms with Gasteiger partial charge in [-0.25, -0.2) is 4.98 Å². The Hall–Kier alpha value is -1.58. The fraction of sp³-hybridized carbons (Fsp3) is 0.214. The molecule has 3 nitrogen and oxygen atoms in total. The molecule has 1 aromatic carbocycles. The van der Waals surface area contributed by atoms with Crippen LogP contribution in [-0.2, 0) is 13.2 Å². The Morgan fingerprint density at radius 2 is 1.94 bits per heavy atom. The molecule has 0 aliphatic heterocycles. The van der Waals surface area contributed by atoms with Crippen molar-refractivity contribution in [2.75, 3.05) is 7.05 Å².